The maximum Gasteiger partial charge on any atom is 0.133 e. The molecule has 0 aromatic carbocycles. The van der Waals surface area contributed by atoms with Crippen molar-refractivity contribution in [3.63, 3.8) is 0 Å². The van der Waals surface area contributed by atoms with E-state index in [0.717, 1.165) is 18.1 Å². The Bertz CT molecular complexity index is 322. The lowest BCUT2D eigenvalue weighted by Crippen LogP contribution is -2.26. The Hall–Kier alpha value is -1.16. The maximum absolute atomic E-state index is 4.22. The average molecular weight is 208 g/mol. The summed E-state index contributed by atoms with van der Waals surface area (Å²) in [5.41, 5.74) is 2.22. The van der Waals surface area contributed by atoms with Crippen molar-refractivity contribution in [2.75, 3.05) is 19.4 Å². The van der Waals surface area contributed by atoms with Crippen LogP contribution in [0.15, 0.2) is 6.33 Å². The molecule has 0 spiro atoms. The van der Waals surface area contributed by atoms with Crippen LogP contribution in [0.4, 0.5) is 5.82 Å². The van der Waals surface area contributed by atoms with E-state index in [4.69, 9.17) is 0 Å². The minimum Gasteiger partial charge on any atom is -0.373 e. The van der Waals surface area contributed by atoms with Gasteiger partial charge in [-0.2, -0.15) is 0 Å². The third-order valence-corrected chi connectivity index (χ3v) is 2.69. The second-order valence-corrected chi connectivity index (χ2v) is 4.05. The van der Waals surface area contributed by atoms with Crippen molar-refractivity contribution in [2.24, 2.45) is 0 Å². The van der Waals surface area contributed by atoms with Gasteiger partial charge in [0.1, 0.15) is 12.1 Å². The smallest absolute Gasteiger partial charge is 0.133 e. The normalized spacial score (nSPS) is 11.1. The SMILES string of the molecule is CNc1ncnc(C)c1CN(C)C(C)C. The summed E-state index contributed by atoms with van der Waals surface area (Å²) >= 11 is 0. The van der Waals surface area contributed by atoms with Crippen molar-refractivity contribution in [3.8, 4) is 0 Å². The summed E-state index contributed by atoms with van der Waals surface area (Å²) in [5, 5.41) is 3.10. The topological polar surface area (TPSA) is 41.1 Å². The molecule has 0 amide bonds. The molecular formula is C11H20N4. The molecule has 0 unspecified atom stereocenters. The van der Waals surface area contributed by atoms with Gasteiger partial charge in [0.2, 0.25) is 0 Å². The summed E-state index contributed by atoms with van der Waals surface area (Å²) in [4.78, 5) is 10.7. The number of rotatable bonds is 4. The van der Waals surface area contributed by atoms with Gasteiger partial charge in [-0.15, -0.1) is 0 Å². The molecule has 0 aliphatic rings. The second kappa shape index (κ2) is 5.07. The molecule has 0 aliphatic heterocycles. The van der Waals surface area contributed by atoms with Crippen molar-refractivity contribution in [3.05, 3.63) is 17.6 Å². The van der Waals surface area contributed by atoms with Gasteiger partial charge in [0.25, 0.3) is 0 Å². The summed E-state index contributed by atoms with van der Waals surface area (Å²) < 4.78 is 0. The summed E-state index contributed by atoms with van der Waals surface area (Å²) in [6.45, 7) is 7.25. The van der Waals surface area contributed by atoms with Crippen molar-refractivity contribution in [2.45, 2.75) is 33.4 Å². The van der Waals surface area contributed by atoms with Gasteiger partial charge in [-0.1, -0.05) is 0 Å². The number of hydrogen-bond donors (Lipinski definition) is 1. The van der Waals surface area contributed by atoms with Gasteiger partial charge in [-0.05, 0) is 27.8 Å². The van der Waals surface area contributed by atoms with Crippen LogP contribution < -0.4 is 5.32 Å². The molecule has 0 bridgehead atoms. The highest BCUT2D eigenvalue weighted by atomic mass is 15.1. The quantitative estimate of drug-likeness (QED) is 0.817. The van der Waals surface area contributed by atoms with Crippen LogP contribution in [0.25, 0.3) is 0 Å². The summed E-state index contributed by atoms with van der Waals surface area (Å²) in [6, 6.07) is 0.523. The predicted octanol–water partition coefficient (Wildman–Crippen LogP) is 1.67. The van der Waals surface area contributed by atoms with E-state index in [-0.39, 0.29) is 0 Å². The fraction of sp³-hybridized carbons (Fsp3) is 0.636. The number of hydrogen-bond acceptors (Lipinski definition) is 4. The molecule has 1 aromatic heterocycles. The van der Waals surface area contributed by atoms with Crippen molar-refractivity contribution in [1.29, 1.82) is 0 Å². The average Bonchev–Trinajstić information content (AvgIpc) is 2.20. The van der Waals surface area contributed by atoms with E-state index in [1.54, 1.807) is 6.33 Å². The van der Waals surface area contributed by atoms with Crippen LogP contribution in [0, 0.1) is 6.92 Å². The first-order chi connectivity index (χ1) is 7.06. The molecule has 15 heavy (non-hydrogen) atoms. The molecule has 0 saturated carbocycles. The zero-order valence-corrected chi connectivity index (χ0v) is 10.2. The summed E-state index contributed by atoms with van der Waals surface area (Å²) in [5.74, 6) is 0.926. The number of aromatic nitrogens is 2. The van der Waals surface area contributed by atoms with Crippen LogP contribution in [0.2, 0.25) is 0 Å². The fourth-order valence-corrected chi connectivity index (χ4v) is 1.34. The molecule has 84 valence electrons. The molecule has 1 heterocycles. The van der Waals surface area contributed by atoms with Gasteiger partial charge in [0.05, 0.1) is 0 Å². The summed E-state index contributed by atoms with van der Waals surface area (Å²) in [6.07, 6.45) is 1.60. The van der Waals surface area contributed by atoms with Crippen LogP contribution in [0.3, 0.4) is 0 Å². The lowest BCUT2D eigenvalue weighted by atomic mass is 10.2. The Labute approximate surface area is 91.7 Å². The maximum atomic E-state index is 4.22. The van der Waals surface area contributed by atoms with Gasteiger partial charge in [-0.25, -0.2) is 9.97 Å². The van der Waals surface area contributed by atoms with E-state index >= 15 is 0 Å². The lowest BCUT2D eigenvalue weighted by Gasteiger charge is -2.22. The first-order valence-corrected chi connectivity index (χ1v) is 5.24. The Balaban J connectivity index is 2.92. The second-order valence-electron chi connectivity index (χ2n) is 4.05. The standard InChI is InChI=1S/C11H20N4/c1-8(2)15(5)6-10-9(3)13-7-14-11(10)12-4/h7-8H,6H2,1-5H3,(H,12,13,14). The van der Waals surface area contributed by atoms with Gasteiger partial charge < -0.3 is 5.32 Å². The number of anilines is 1. The molecule has 0 fully saturated rings. The fourth-order valence-electron chi connectivity index (χ4n) is 1.34. The Morgan fingerprint density at radius 1 is 1.40 bits per heavy atom. The van der Waals surface area contributed by atoms with E-state index in [1.165, 1.54) is 5.56 Å². The van der Waals surface area contributed by atoms with Crippen LogP contribution in [-0.4, -0.2) is 35.0 Å². The van der Waals surface area contributed by atoms with Crippen molar-refractivity contribution >= 4 is 5.82 Å². The highest BCUT2D eigenvalue weighted by Gasteiger charge is 2.11. The minimum absolute atomic E-state index is 0.523. The first-order valence-electron chi connectivity index (χ1n) is 5.24. The number of nitrogens with one attached hydrogen (secondary N) is 1. The molecule has 4 nitrogen and oxygen atoms in total. The van der Waals surface area contributed by atoms with Crippen LogP contribution in [0.5, 0.6) is 0 Å². The van der Waals surface area contributed by atoms with Crippen molar-refractivity contribution in [1.82, 2.24) is 14.9 Å². The van der Waals surface area contributed by atoms with Gasteiger partial charge in [-0.3, -0.25) is 4.90 Å². The van der Waals surface area contributed by atoms with Gasteiger partial charge >= 0.3 is 0 Å². The molecule has 0 saturated heterocycles. The monoisotopic (exact) mass is 208 g/mol. The Morgan fingerprint density at radius 2 is 2.07 bits per heavy atom. The van der Waals surface area contributed by atoms with Crippen molar-refractivity contribution < 1.29 is 0 Å². The van der Waals surface area contributed by atoms with Gasteiger partial charge in [0, 0.05) is 30.9 Å². The number of nitrogens with zero attached hydrogens (tertiary/aromatic N) is 3. The third kappa shape index (κ3) is 2.89. The molecule has 0 atom stereocenters. The van der Waals surface area contributed by atoms with Crippen LogP contribution in [0.1, 0.15) is 25.1 Å². The Morgan fingerprint density at radius 3 is 2.60 bits per heavy atom. The van der Waals surface area contributed by atoms with E-state index in [2.05, 4.69) is 41.1 Å². The first kappa shape index (κ1) is 11.9. The molecular weight excluding hydrogens is 188 g/mol. The van der Waals surface area contributed by atoms with Crippen LogP contribution >= 0.6 is 0 Å². The largest absolute Gasteiger partial charge is 0.373 e. The number of aryl methyl sites for hydroxylation is 1. The third-order valence-electron chi connectivity index (χ3n) is 2.69. The van der Waals surface area contributed by atoms with Crippen LogP contribution in [-0.2, 0) is 6.54 Å². The highest BCUT2D eigenvalue weighted by molar-refractivity contribution is 5.44. The molecule has 1 rings (SSSR count). The molecule has 0 aliphatic carbocycles. The molecule has 1 N–H and O–H groups in total. The van der Waals surface area contributed by atoms with E-state index in [1.807, 2.05) is 14.0 Å². The Kier molecular flexibility index (Phi) is 4.03. The predicted molar refractivity (Wildman–Crippen MR) is 62.9 cm³/mol. The summed E-state index contributed by atoms with van der Waals surface area (Å²) in [7, 11) is 4.00. The molecule has 4 heteroatoms. The zero-order valence-electron chi connectivity index (χ0n) is 10.2. The minimum atomic E-state index is 0.523. The molecule has 1 aromatic rings. The van der Waals surface area contributed by atoms with Gasteiger partial charge in [0.15, 0.2) is 0 Å². The lowest BCUT2D eigenvalue weighted by molar-refractivity contribution is 0.265. The zero-order chi connectivity index (χ0) is 11.4. The molecule has 0 radical (unpaired) electrons. The highest BCUT2D eigenvalue weighted by Crippen LogP contribution is 2.16. The van der Waals surface area contributed by atoms with E-state index in [0.29, 0.717) is 6.04 Å². The van der Waals surface area contributed by atoms with E-state index in [9.17, 15) is 0 Å². The van der Waals surface area contributed by atoms with E-state index < -0.39 is 0 Å².